The van der Waals surface area contributed by atoms with Crippen LogP contribution in [-0.2, 0) is 12.4 Å². The van der Waals surface area contributed by atoms with Crippen LogP contribution in [0, 0.1) is 11.3 Å². The summed E-state index contributed by atoms with van der Waals surface area (Å²) in [7, 11) is 0. The van der Waals surface area contributed by atoms with Crippen LogP contribution in [0.25, 0.3) is 11.3 Å². The molecule has 1 aromatic heterocycles. The Labute approximate surface area is 120 Å². The van der Waals surface area contributed by atoms with Gasteiger partial charge in [0, 0.05) is 5.56 Å². The summed E-state index contributed by atoms with van der Waals surface area (Å²) < 4.78 is 75.6. The van der Waals surface area contributed by atoms with E-state index in [4.69, 9.17) is 5.26 Å². The molecule has 0 amide bonds. The highest BCUT2D eigenvalue weighted by molar-refractivity contribution is 5.61. The normalized spacial score (nSPS) is 12.0. The van der Waals surface area contributed by atoms with Crippen LogP contribution in [-0.4, -0.2) is 4.98 Å². The smallest absolute Gasteiger partial charge is 0.237 e. The van der Waals surface area contributed by atoms with E-state index in [0.717, 1.165) is 24.3 Å². The number of alkyl halides is 6. The molecule has 22 heavy (non-hydrogen) atoms. The second kappa shape index (κ2) is 5.33. The average Bonchev–Trinajstić information content (AvgIpc) is 2.45. The summed E-state index contributed by atoms with van der Waals surface area (Å²) >= 11 is 0. The number of rotatable bonds is 1. The first-order chi connectivity index (χ1) is 10.1. The predicted molar refractivity (Wildman–Crippen MR) is 64.4 cm³/mol. The molecule has 0 saturated heterocycles. The molecule has 0 bridgehead atoms. The molecule has 0 aliphatic heterocycles. The van der Waals surface area contributed by atoms with Gasteiger partial charge in [0.25, 0.3) is 0 Å². The molecule has 0 fully saturated rings. The zero-order valence-electron chi connectivity index (χ0n) is 10.6. The van der Waals surface area contributed by atoms with E-state index in [1.54, 1.807) is 0 Å². The first-order valence-electron chi connectivity index (χ1n) is 5.78. The van der Waals surface area contributed by atoms with Crippen molar-refractivity contribution >= 4 is 0 Å². The van der Waals surface area contributed by atoms with Gasteiger partial charge in [-0.05, 0) is 24.3 Å². The fourth-order valence-electron chi connectivity index (χ4n) is 1.73. The fourth-order valence-corrected chi connectivity index (χ4v) is 1.73. The van der Waals surface area contributed by atoms with Gasteiger partial charge in [-0.2, -0.15) is 31.6 Å². The maximum atomic E-state index is 12.7. The van der Waals surface area contributed by atoms with Gasteiger partial charge in [0.2, 0.25) is 0 Å². The molecule has 0 atom stereocenters. The lowest BCUT2D eigenvalue weighted by atomic mass is 10.1. The van der Waals surface area contributed by atoms with Gasteiger partial charge >= 0.3 is 12.4 Å². The zero-order chi connectivity index (χ0) is 16.5. The minimum absolute atomic E-state index is 0.0515. The van der Waals surface area contributed by atoms with E-state index in [9.17, 15) is 26.3 Å². The maximum absolute atomic E-state index is 12.7. The molecular formula is C14H6F6N2. The first-order valence-corrected chi connectivity index (χ1v) is 5.78. The number of hydrogen-bond acceptors (Lipinski definition) is 2. The van der Waals surface area contributed by atoms with E-state index in [2.05, 4.69) is 4.98 Å². The number of nitriles is 1. The summed E-state index contributed by atoms with van der Waals surface area (Å²) in [5, 5.41) is 8.72. The van der Waals surface area contributed by atoms with Crippen molar-refractivity contribution in [2.75, 3.05) is 0 Å². The molecule has 0 aliphatic carbocycles. The van der Waals surface area contributed by atoms with Crippen LogP contribution in [0.15, 0.2) is 36.4 Å². The summed E-state index contributed by atoms with van der Waals surface area (Å²) in [6, 6.07) is 6.25. The third-order valence-electron chi connectivity index (χ3n) is 2.78. The molecular weight excluding hydrogens is 310 g/mol. The monoisotopic (exact) mass is 316 g/mol. The maximum Gasteiger partial charge on any atom is 0.416 e. The van der Waals surface area contributed by atoms with E-state index in [1.165, 1.54) is 6.07 Å². The van der Waals surface area contributed by atoms with Crippen LogP contribution < -0.4 is 0 Å². The average molecular weight is 316 g/mol. The minimum atomic E-state index is -4.69. The lowest BCUT2D eigenvalue weighted by molar-refractivity contribution is -0.138. The van der Waals surface area contributed by atoms with Crippen LogP contribution in [0.3, 0.4) is 0 Å². The van der Waals surface area contributed by atoms with Crippen molar-refractivity contribution < 1.29 is 26.3 Å². The van der Waals surface area contributed by atoms with Gasteiger partial charge in [-0.25, -0.2) is 4.98 Å². The van der Waals surface area contributed by atoms with Crippen LogP contribution in [0.5, 0.6) is 0 Å². The second-order valence-corrected chi connectivity index (χ2v) is 4.31. The van der Waals surface area contributed by atoms with Crippen LogP contribution in [0.1, 0.15) is 16.8 Å². The van der Waals surface area contributed by atoms with E-state index >= 15 is 0 Å². The predicted octanol–water partition coefficient (Wildman–Crippen LogP) is 4.66. The van der Waals surface area contributed by atoms with Crippen molar-refractivity contribution in [2.24, 2.45) is 0 Å². The van der Waals surface area contributed by atoms with Gasteiger partial charge in [-0.1, -0.05) is 12.1 Å². The molecule has 1 heterocycles. The number of nitrogens with zero attached hydrogens (tertiary/aromatic N) is 2. The molecule has 114 valence electrons. The Kier molecular flexibility index (Phi) is 3.83. The summed E-state index contributed by atoms with van der Waals surface area (Å²) in [5.74, 6) is 0. The van der Waals surface area contributed by atoms with E-state index < -0.39 is 29.2 Å². The quantitative estimate of drug-likeness (QED) is 0.718. The largest absolute Gasteiger partial charge is 0.416 e. The number of aromatic nitrogens is 1. The molecule has 2 rings (SSSR count). The molecule has 0 N–H and O–H groups in total. The summed E-state index contributed by atoms with van der Waals surface area (Å²) in [4.78, 5) is 3.69. The zero-order valence-corrected chi connectivity index (χ0v) is 10.6. The topological polar surface area (TPSA) is 36.7 Å². The van der Waals surface area contributed by atoms with E-state index in [0.29, 0.717) is 12.1 Å². The number of benzene rings is 1. The molecule has 0 aliphatic rings. The number of hydrogen-bond donors (Lipinski definition) is 0. The molecule has 1 aromatic carbocycles. The van der Waals surface area contributed by atoms with Crippen molar-refractivity contribution in [1.82, 2.24) is 4.98 Å². The minimum Gasteiger partial charge on any atom is -0.237 e. The third kappa shape index (κ3) is 3.36. The molecule has 0 saturated carbocycles. The Morgan fingerprint density at radius 3 is 1.82 bits per heavy atom. The highest BCUT2D eigenvalue weighted by atomic mass is 19.4. The molecule has 0 radical (unpaired) electrons. The van der Waals surface area contributed by atoms with Crippen molar-refractivity contribution in [3.05, 3.63) is 53.2 Å². The van der Waals surface area contributed by atoms with Crippen LogP contribution >= 0.6 is 0 Å². The second-order valence-electron chi connectivity index (χ2n) is 4.31. The van der Waals surface area contributed by atoms with Crippen molar-refractivity contribution in [3.8, 4) is 17.3 Å². The van der Waals surface area contributed by atoms with Crippen LogP contribution in [0.2, 0.25) is 0 Å². The van der Waals surface area contributed by atoms with Gasteiger partial charge in [0.1, 0.15) is 11.8 Å². The van der Waals surface area contributed by atoms with E-state index in [1.807, 2.05) is 0 Å². The Balaban J connectivity index is 2.51. The third-order valence-corrected chi connectivity index (χ3v) is 2.78. The van der Waals surface area contributed by atoms with Crippen molar-refractivity contribution in [2.45, 2.75) is 12.4 Å². The standard InChI is InChI=1S/C14H6F6N2/c15-13(16,17)9-3-1-8(2-4-9)12-6-10(14(18,19)20)5-11(7-21)22-12/h1-6H. The Morgan fingerprint density at radius 1 is 0.818 bits per heavy atom. The Morgan fingerprint density at radius 2 is 1.36 bits per heavy atom. The molecule has 2 nitrogen and oxygen atoms in total. The number of pyridine rings is 1. The highest BCUT2D eigenvalue weighted by Gasteiger charge is 2.32. The van der Waals surface area contributed by atoms with Gasteiger partial charge in [0.15, 0.2) is 0 Å². The molecule has 0 spiro atoms. The summed E-state index contributed by atoms with van der Waals surface area (Å²) in [6.45, 7) is 0. The van der Waals surface area contributed by atoms with Crippen molar-refractivity contribution in [1.29, 1.82) is 5.26 Å². The van der Waals surface area contributed by atoms with E-state index in [-0.39, 0.29) is 11.3 Å². The van der Waals surface area contributed by atoms with Gasteiger partial charge < -0.3 is 0 Å². The van der Waals surface area contributed by atoms with Gasteiger partial charge in [-0.3, -0.25) is 0 Å². The Hall–Kier alpha value is -2.56. The van der Waals surface area contributed by atoms with Crippen molar-refractivity contribution in [3.63, 3.8) is 0 Å². The molecule has 2 aromatic rings. The summed E-state index contributed by atoms with van der Waals surface area (Å²) in [6.07, 6.45) is -9.23. The first kappa shape index (κ1) is 15.8. The SMILES string of the molecule is N#Cc1cc(C(F)(F)F)cc(-c2ccc(C(F)(F)F)cc2)n1. The molecule has 8 heteroatoms. The fraction of sp³-hybridized carbons (Fsp3) is 0.143. The number of halogens is 6. The Bertz CT molecular complexity index is 723. The van der Waals surface area contributed by atoms with Gasteiger partial charge in [-0.15, -0.1) is 0 Å². The lowest BCUT2D eigenvalue weighted by Crippen LogP contribution is -2.07. The highest BCUT2D eigenvalue weighted by Crippen LogP contribution is 2.34. The lowest BCUT2D eigenvalue weighted by Gasteiger charge is -2.10. The summed E-state index contributed by atoms with van der Waals surface area (Å²) in [5.41, 5.74) is -2.65. The molecule has 0 unspecified atom stereocenters. The van der Waals surface area contributed by atoms with Gasteiger partial charge in [0.05, 0.1) is 16.8 Å². The van der Waals surface area contributed by atoms with Crippen LogP contribution in [0.4, 0.5) is 26.3 Å².